The van der Waals surface area contributed by atoms with E-state index < -0.39 is 16.1 Å². The van der Waals surface area contributed by atoms with Crippen molar-refractivity contribution >= 4 is 39.4 Å². The number of benzene rings is 2. The molecule has 2 aromatic carbocycles. The first-order chi connectivity index (χ1) is 16.9. The Labute approximate surface area is 240 Å². The molecule has 0 amide bonds. The van der Waals surface area contributed by atoms with Gasteiger partial charge >= 0.3 is 0 Å². The van der Waals surface area contributed by atoms with Gasteiger partial charge in [-0.2, -0.15) is 0 Å². The van der Waals surface area contributed by atoms with E-state index in [-0.39, 0.29) is 16.5 Å². The molecular formula is C32H52N2NiSi2. The molecule has 2 unspecified atom stereocenters. The van der Waals surface area contributed by atoms with E-state index in [9.17, 15) is 0 Å². The van der Waals surface area contributed by atoms with Crippen LogP contribution in [0.5, 0.6) is 0 Å². The summed E-state index contributed by atoms with van der Waals surface area (Å²) in [5.74, 6) is 0. The summed E-state index contributed by atoms with van der Waals surface area (Å²) in [6.45, 7) is 21.7. The molecule has 0 aliphatic carbocycles. The molecule has 0 saturated carbocycles. The van der Waals surface area contributed by atoms with Gasteiger partial charge in [0.15, 0.2) is 0 Å². The van der Waals surface area contributed by atoms with Crippen molar-refractivity contribution in [3.63, 3.8) is 0 Å². The van der Waals surface area contributed by atoms with Crippen molar-refractivity contribution in [3.05, 3.63) is 59.7 Å². The van der Waals surface area contributed by atoms with Gasteiger partial charge in [-0.1, -0.05) is 116 Å². The molecule has 0 aliphatic heterocycles. The van der Waals surface area contributed by atoms with Crippen molar-refractivity contribution in [1.29, 1.82) is 0 Å². The predicted octanol–water partition coefficient (Wildman–Crippen LogP) is 10.9. The molecule has 2 atom stereocenters. The van der Waals surface area contributed by atoms with Gasteiger partial charge in [0, 0.05) is 22.7 Å². The second-order valence-corrected chi connectivity index (χ2v) is 23.9. The molecule has 37 heavy (non-hydrogen) atoms. The Morgan fingerprint density at radius 1 is 0.730 bits per heavy atom. The third-order valence-electron chi connectivity index (χ3n) is 7.76. The zero-order chi connectivity index (χ0) is 26.8. The van der Waals surface area contributed by atoms with Crippen LogP contribution in [0.2, 0.25) is 39.3 Å². The molecule has 0 spiro atoms. The van der Waals surface area contributed by atoms with Gasteiger partial charge in [0.1, 0.15) is 0 Å². The fourth-order valence-electron chi connectivity index (χ4n) is 4.29. The van der Waals surface area contributed by atoms with Gasteiger partial charge in [-0.3, -0.25) is 9.98 Å². The Balaban J connectivity index is 0.00000684. The molecule has 2 rings (SSSR count). The van der Waals surface area contributed by atoms with Gasteiger partial charge in [-0.05, 0) is 59.3 Å². The van der Waals surface area contributed by atoms with Gasteiger partial charge in [0.2, 0.25) is 0 Å². The van der Waals surface area contributed by atoms with Crippen molar-refractivity contribution in [2.45, 2.75) is 116 Å². The maximum atomic E-state index is 5.12. The van der Waals surface area contributed by atoms with Crippen LogP contribution >= 0.6 is 0 Å². The quantitative estimate of drug-likeness (QED) is 0.121. The minimum absolute atomic E-state index is 0. The molecule has 0 heterocycles. The van der Waals surface area contributed by atoms with Crippen molar-refractivity contribution < 1.29 is 16.5 Å². The Kier molecular flexibility index (Phi) is 14.6. The molecule has 0 saturated heterocycles. The van der Waals surface area contributed by atoms with Gasteiger partial charge in [0.05, 0.1) is 33.2 Å². The van der Waals surface area contributed by atoms with Crippen molar-refractivity contribution in [3.8, 4) is 0 Å². The van der Waals surface area contributed by atoms with E-state index in [1.165, 1.54) is 49.7 Å². The van der Waals surface area contributed by atoms with Crippen LogP contribution in [0, 0.1) is 0 Å². The van der Waals surface area contributed by atoms with Crippen LogP contribution in [0.4, 0.5) is 11.4 Å². The van der Waals surface area contributed by atoms with E-state index in [0.29, 0.717) is 11.1 Å². The van der Waals surface area contributed by atoms with Crippen molar-refractivity contribution in [2.24, 2.45) is 9.98 Å². The van der Waals surface area contributed by atoms with Crippen LogP contribution < -0.4 is 0 Å². The standard InChI is InChI=1S/C32H52N2Si2.Ni/c1-10-11-12-13-14-15-20-32(34-31-22-17-19-29(24-31)27(3)36(7,8)9)25-33-30-21-16-18-28(23-30)26(2)35(4,5)6;/h16-19,21-27H,10-15,20H2,1-9H3;/b33-25+,34-32+;. The summed E-state index contributed by atoms with van der Waals surface area (Å²) in [6, 6.07) is 17.7. The molecule has 0 aliphatic rings. The van der Waals surface area contributed by atoms with E-state index in [1.54, 1.807) is 0 Å². The monoisotopic (exact) mass is 578 g/mol. The summed E-state index contributed by atoms with van der Waals surface area (Å²) >= 11 is 0. The molecule has 208 valence electrons. The fraction of sp³-hybridized carbons (Fsp3) is 0.562. The van der Waals surface area contributed by atoms with Crippen LogP contribution in [0.15, 0.2) is 58.5 Å². The van der Waals surface area contributed by atoms with E-state index in [4.69, 9.17) is 9.98 Å². The first-order valence-electron chi connectivity index (χ1n) is 14.2. The van der Waals surface area contributed by atoms with Gasteiger partial charge < -0.3 is 0 Å². The molecule has 2 nitrogen and oxygen atoms in total. The van der Waals surface area contributed by atoms with Crippen LogP contribution in [-0.2, 0) is 16.5 Å². The van der Waals surface area contributed by atoms with Crippen LogP contribution in [0.25, 0.3) is 0 Å². The average Bonchev–Trinajstić information content (AvgIpc) is 2.82. The molecule has 5 heteroatoms. The maximum Gasteiger partial charge on any atom is 0.0636 e. The Morgan fingerprint density at radius 3 is 1.76 bits per heavy atom. The van der Waals surface area contributed by atoms with Crippen molar-refractivity contribution in [2.75, 3.05) is 0 Å². The summed E-state index contributed by atoms with van der Waals surface area (Å²) in [6.07, 6.45) is 10.7. The molecule has 2 aromatic rings. The minimum Gasteiger partial charge on any atom is -0.255 e. The Hall–Kier alpha value is -1.29. The van der Waals surface area contributed by atoms with E-state index >= 15 is 0 Å². The molecule has 0 radical (unpaired) electrons. The fourth-order valence-corrected chi connectivity index (χ4v) is 6.65. The summed E-state index contributed by atoms with van der Waals surface area (Å²) in [4.78, 5) is 10.0. The third-order valence-corrected chi connectivity index (χ3v) is 13.6. The smallest absolute Gasteiger partial charge is 0.0636 e. The van der Waals surface area contributed by atoms with E-state index in [0.717, 1.165) is 23.5 Å². The molecule has 0 fully saturated rings. The predicted molar refractivity (Wildman–Crippen MR) is 170 cm³/mol. The molecular weight excluding hydrogens is 527 g/mol. The topological polar surface area (TPSA) is 24.7 Å². The van der Waals surface area contributed by atoms with Crippen LogP contribution in [-0.4, -0.2) is 28.1 Å². The number of hydrogen-bond donors (Lipinski definition) is 0. The number of rotatable bonds is 14. The van der Waals surface area contributed by atoms with Gasteiger partial charge in [-0.25, -0.2) is 0 Å². The number of hydrogen-bond acceptors (Lipinski definition) is 2. The number of aliphatic imine (C=N–C) groups is 2. The number of nitrogens with zero attached hydrogens (tertiary/aromatic N) is 2. The Bertz CT molecular complexity index is 1000. The Morgan fingerprint density at radius 2 is 1.22 bits per heavy atom. The number of unbranched alkanes of at least 4 members (excludes halogenated alkanes) is 5. The summed E-state index contributed by atoms with van der Waals surface area (Å²) in [5.41, 5.74) is 7.23. The summed E-state index contributed by atoms with van der Waals surface area (Å²) in [5, 5.41) is 0. The molecule has 0 aromatic heterocycles. The van der Waals surface area contributed by atoms with Crippen LogP contribution in [0.1, 0.15) is 87.9 Å². The molecule has 0 N–H and O–H groups in total. The van der Waals surface area contributed by atoms with Crippen molar-refractivity contribution in [1.82, 2.24) is 0 Å². The van der Waals surface area contributed by atoms with Crippen LogP contribution in [0.3, 0.4) is 0 Å². The van der Waals surface area contributed by atoms with Gasteiger partial charge in [-0.15, -0.1) is 0 Å². The SMILES string of the molecule is CCCCCCCCC(/C=N/c1cccc(C(C)[Si](C)(C)C)c1)=N\c1cccc(C(C)[Si](C)(C)C)c1.[Ni]. The van der Waals surface area contributed by atoms with Gasteiger partial charge in [0.25, 0.3) is 0 Å². The maximum absolute atomic E-state index is 5.12. The normalized spacial score (nSPS) is 14.5. The first-order valence-corrected chi connectivity index (χ1v) is 21.4. The summed E-state index contributed by atoms with van der Waals surface area (Å²) in [7, 11) is -2.51. The van der Waals surface area contributed by atoms with E-state index in [1.807, 2.05) is 6.21 Å². The third kappa shape index (κ3) is 12.0. The average molecular weight is 580 g/mol. The largest absolute Gasteiger partial charge is 0.255 e. The zero-order valence-corrected chi connectivity index (χ0v) is 28.0. The van der Waals surface area contributed by atoms with E-state index in [2.05, 4.69) is 109 Å². The zero-order valence-electron chi connectivity index (χ0n) is 25.0. The minimum atomic E-state index is -1.26. The summed E-state index contributed by atoms with van der Waals surface area (Å²) < 4.78 is 0. The second-order valence-electron chi connectivity index (χ2n) is 12.7. The molecule has 0 bridgehead atoms. The second kappa shape index (κ2) is 16.0. The first kappa shape index (κ1) is 33.7.